The van der Waals surface area contributed by atoms with Gasteiger partial charge in [0.05, 0.1) is 0 Å². The van der Waals surface area contributed by atoms with Crippen LogP contribution in [0.2, 0.25) is 0 Å². The van der Waals surface area contributed by atoms with Crippen LogP contribution in [0, 0.1) is 29.1 Å². The molecule has 3 fully saturated rings. The molecule has 0 radical (unpaired) electrons. The zero-order valence-corrected chi connectivity index (χ0v) is 18.8. The van der Waals surface area contributed by atoms with E-state index in [2.05, 4.69) is 65.8 Å². The first kappa shape index (κ1) is 20.7. The molecule has 3 aliphatic rings. The molecule has 3 bridgehead atoms. The zero-order valence-electron chi connectivity index (χ0n) is 18.8. The number of allylic oxidation sites excluding steroid dienone is 8. The Balaban J connectivity index is 2.05. The highest BCUT2D eigenvalue weighted by atomic mass is 14.5. The summed E-state index contributed by atoms with van der Waals surface area (Å²) in [6.45, 7) is 13.9. The summed E-state index contributed by atoms with van der Waals surface area (Å²) >= 11 is 0. The molecule has 0 amide bonds. The third kappa shape index (κ3) is 4.69. The Morgan fingerprint density at radius 3 is 2.11 bits per heavy atom. The minimum atomic E-state index is 0.647. The predicted molar refractivity (Wildman–Crippen MR) is 120 cm³/mol. The summed E-state index contributed by atoms with van der Waals surface area (Å²) in [7, 11) is 0. The summed E-state index contributed by atoms with van der Waals surface area (Å²) in [6.07, 6.45) is 21.3. The van der Waals surface area contributed by atoms with Gasteiger partial charge in [-0.2, -0.15) is 0 Å². The molecule has 0 saturated heterocycles. The Morgan fingerprint density at radius 1 is 0.815 bits per heavy atom. The van der Waals surface area contributed by atoms with E-state index < -0.39 is 0 Å². The monoisotopic (exact) mass is 366 g/mol. The smallest absolute Gasteiger partial charge is 0.0126 e. The molecule has 150 valence electrons. The van der Waals surface area contributed by atoms with Crippen molar-refractivity contribution in [2.75, 3.05) is 0 Å². The Hall–Kier alpha value is -1.04. The van der Waals surface area contributed by atoms with Crippen molar-refractivity contribution in [2.45, 2.75) is 92.9 Å². The van der Waals surface area contributed by atoms with E-state index in [9.17, 15) is 0 Å². The first-order valence-corrected chi connectivity index (χ1v) is 11.5. The topological polar surface area (TPSA) is 0 Å². The molecule has 0 heterocycles. The highest BCUT2D eigenvalue weighted by molar-refractivity contribution is 5.29. The second-order valence-electron chi connectivity index (χ2n) is 10.6. The molecule has 0 aromatic rings. The van der Waals surface area contributed by atoms with Crippen molar-refractivity contribution in [2.24, 2.45) is 29.1 Å². The second-order valence-corrected chi connectivity index (χ2v) is 10.6. The lowest BCUT2D eigenvalue weighted by atomic mass is 9.58. The molecule has 0 N–H and O–H groups in total. The van der Waals surface area contributed by atoms with Crippen LogP contribution in [-0.2, 0) is 0 Å². The summed E-state index contributed by atoms with van der Waals surface area (Å²) in [5.41, 5.74) is 6.91. The number of rotatable bonds is 3. The summed E-state index contributed by atoms with van der Waals surface area (Å²) in [5.74, 6) is 3.18. The Labute approximate surface area is 168 Å². The minimum absolute atomic E-state index is 0.647. The van der Waals surface area contributed by atoms with Gasteiger partial charge in [-0.05, 0) is 95.8 Å². The minimum Gasteiger partial charge on any atom is -0.0764 e. The maximum atomic E-state index is 2.56. The quantitative estimate of drug-likeness (QED) is 0.440. The second kappa shape index (κ2) is 8.54. The molecule has 3 saturated carbocycles. The Morgan fingerprint density at radius 2 is 1.44 bits per heavy atom. The average Bonchev–Trinajstić information content (AvgIpc) is 2.83. The van der Waals surface area contributed by atoms with Crippen LogP contribution in [0.3, 0.4) is 0 Å². The van der Waals surface area contributed by atoms with Crippen molar-refractivity contribution in [1.82, 2.24) is 0 Å². The van der Waals surface area contributed by atoms with Gasteiger partial charge in [-0.15, -0.1) is 0 Å². The Kier molecular flexibility index (Phi) is 6.54. The third-order valence-corrected chi connectivity index (χ3v) is 7.80. The van der Waals surface area contributed by atoms with Crippen molar-refractivity contribution in [1.29, 1.82) is 0 Å². The van der Waals surface area contributed by atoms with Crippen molar-refractivity contribution >= 4 is 0 Å². The van der Waals surface area contributed by atoms with E-state index >= 15 is 0 Å². The van der Waals surface area contributed by atoms with E-state index in [0.29, 0.717) is 5.41 Å². The standard InChI is InChI=1S/C27H42/c1-19(2)11-13-22(6)23-10-8-16-27-15-7-9-21(5)25(17-27)24(26(23)18-27)14-12-20(3)4/h11-14,21,23,25-26H,7-10,15-18H2,1-6H3/b22-13+,24-14-. The fourth-order valence-electron chi connectivity index (χ4n) is 6.34. The van der Waals surface area contributed by atoms with E-state index in [4.69, 9.17) is 0 Å². The number of hydrogen-bond donors (Lipinski definition) is 0. The highest BCUT2D eigenvalue weighted by Gasteiger charge is 2.49. The molecule has 0 aromatic heterocycles. The lowest BCUT2D eigenvalue weighted by Crippen LogP contribution is -2.37. The fourth-order valence-corrected chi connectivity index (χ4v) is 6.34. The molecule has 5 unspecified atom stereocenters. The molecule has 0 aromatic carbocycles. The molecule has 27 heavy (non-hydrogen) atoms. The first-order valence-electron chi connectivity index (χ1n) is 11.5. The lowest BCUT2D eigenvalue weighted by molar-refractivity contribution is 0.115. The predicted octanol–water partition coefficient (Wildman–Crippen LogP) is 8.42. The van der Waals surface area contributed by atoms with E-state index in [1.54, 1.807) is 11.1 Å². The van der Waals surface area contributed by atoms with Gasteiger partial charge in [-0.1, -0.05) is 72.8 Å². The molecule has 1 spiro atoms. The molecule has 0 aliphatic heterocycles. The van der Waals surface area contributed by atoms with Crippen molar-refractivity contribution in [3.63, 3.8) is 0 Å². The van der Waals surface area contributed by atoms with Gasteiger partial charge < -0.3 is 0 Å². The van der Waals surface area contributed by atoms with Crippen LogP contribution in [-0.4, -0.2) is 0 Å². The summed E-state index contributed by atoms with van der Waals surface area (Å²) < 4.78 is 0. The molecule has 0 heteroatoms. The van der Waals surface area contributed by atoms with Crippen LogP contribution < -0.4 is 0 Å². The van der Waals surface area contributed by atoms with Gasteiger partial charge in [0.2, 0.25) is 0 Å². The average molecular weight is 367 g/mol. The van der Waals surface area contributed by atoms with Crippen LogP contribution >= 0.6 is 0 Å². The van der Waals surface area contributed by atoms with Gasteiger partial charge in [0.15, 0.2) is 0 Å². The zero-order chi connectivity index (χ0) is 19.6. The summed E-state index contributed by atoms with van der Waals surface area (Å²) in [4.78, 5) is 0. The molecule has 5 atom stereocenters. The van der Waals surface area contributed by atoms with Gasteiger partial charge in [0.25, 0.3) is 0 Å². The van der Waals surface area contributed by atoms with E-state index in [0.717, 1.165) is 23.7 Å². The van der Waals surface area contributed by atoms with Crippen LogP contribution in [0.25, 0.3) is 0 Å². The molecule has 0 nitrogen and oxygen atoms in total. The van der Waals surface area contributed by atoms with Crippen LogP contribution in [0.5, 0.6) is 0 Å². The van der Waals surface area contributed by atoms with Crippen LogP contribution in [0.4, 0.5) is 0 Å². The van der Waals surface area contributed by atoms with Crippen molar-refractivity contribution in [3.05, 3.63) is 46.6 Å². The van der Waals surface area contributed by atoms with Crippen LogP contribution in [0.15, 0.2) is 46.6 Å². The SMILES string of the molecule is CC(C)=C/C=C1/C2CC3(CCCC2C)CCCC(/C(C)=C/C=C(C)C)C1C3. The van der Waals surface area contributed by atoms with Crippen molar-refractivity contribution in [3.8, 4) is 0 Å². The number of fused-ring (bicyclic) bond motifs is 2. The molecular weight excluding hydrogens is 324 g/mol. The highest BCUT2D eigenvalue weighted by Crippen LogP contribution is 2.60. The maximum Gasteiger partial charge on any atom is -0.0126 e. The fraction of sp³-hybridized carbons (Fsp3) is 0.704. The van der Waals surface area contributed by atoms with Gasteiger partial charge in [-0.25, -0.2) is 0 Å². The van der Waals surface area contributed by atoms with E-state index in [-0.39, 0.29) is 0 Å². The maximum absolute atomic E-state index is 2.56. The van der Waals surface area contributed by atoms with Crippen LogP contribution in [0.1, 0.15) is 92.9 Å². The summed E-state index contributed by atoms with van der Waals surface area (Å²) in [5, 5.41) is 0. The van der Waals surface area contributed by atoms with E-state index in [1.165, 1.54) is 62.5 Å². The lowest BCUT2D eigenvalue weighted by Gasteiger charge is -2.47. The number of hydrogen-bond acceptors (Lipinski definition) is 0. The van der Waals surface area contributed by atoms with E-state index in [1.807, 2.05) is 0 Å². The van der Waals surface area contributed by atoms with Crippen molar-refractivity contribution < 1.29 is 0 Å². The first-order chi connectivity index (χ1) is 12.8. The molecular formula is C27H42. The largest absolute Gasteiger partial charge is 0.0764 e. The van der Waals surface area contributed by atoms with Gasteiger partial charge in [0.1, 0.15) is 0 Å². The van der Waals surface area contributed by atoms with Gasteiger partial charge in [0, 0.05) is 0 Å². The molecule has 3 rings (SSSR count). The Bertz CT molecular complexity index is 648. The molecule has 3 aliphatic carbocycles. The van der Waals surface area contributed by atoms with Gasteiger partial charge in [-0.3, -0.25) is 0 Å². The normalized spacial score (nSPS) is 38.0. The summed E-state index contributed by atoms with van der Waals surface area (Å²) in [6, 6.07) is 0. The third-order valence-electron chi connectivity index (χ3n) is 7.80. The van der Waals surface area contributed by atoms with Gasteiger partial charge >= 0.3 is 0 Å².